The Kier molecular flexibility index (Phi) is 6.19. The Hall–Kier alpha value is -3.37. The highest BCUT2D eigenvalue weighted by Gasteiger charge is 2.30. The van der Waals surface area contributed by atoms with Crippen molar-refractivity contribution in [1.82, 2.24) is 0 Å². The summed E-state index contributed by atoms with van der Waals surface area (Å²) in [7, 11) is 0. The van der Waals surface area contributed by atoms with Crippen molar-refractivity contribution in [2.45, 2.75) is 60.9 Å². The molecule has 2 heterocycles. The number of benzene rings is 3. The van der Waals surface area contributed by atoms with Crippen LogP contribution < -0.4 is 14.2 Å². The van der Waals surface area contributed by atoms with E-state index in [0.29, 0.717) is 0 Å². The molecule has 1 aliphatic carbocycles. The van der Waals surface area contributed by atoms with Gasteiger partial charge in [0, 0.05) is 30.1 Å². The molecular formula is C34H37N2OS+. The van der Waals surface area contributed by atoms with Gasteiger partial charge in [0.15, 0.2) is 5.75 Å². The van der Waals surface area contributed by atoms with Gasteiger partial charge in [0.2, 0.25) is 11.4 Å². The SMILES string of the molecule is CCN1/C(=C/C2=CC(=C/c3sc4cc(C)c(C)cc4[n+]3CC)/CC(C)(C)C2)Oc2c1ccc1ccccc21. The lowest BCUT2D eigenvalue weighted by molar-refractivity contribution is -0.665. The molecule has 0 radical (unpaired) electrons. The van der Waals surface area contributed by atoms with Crippen LogP contribution in [-0.4, -0.2) is 6.54 Å². The normalized spacial score (nSPS) is 18.9. The first-order valence-corrected chi connectivity index (χ1v) is 14.6. The van der Waals surface area contributed by atoms with Crippen molar-refractivity contribution in [2.24, 2.45) is 5.41 Å². The molecule has 0 fully saturated rings. The highest BCUT2D eigenvalue weighted by molar-refractivity contribution is 7.18. The number of aryl methyl sites for hydroxylation is 3. The predicted molar refractivity (Wildman–Crippen MR) is 162 cm³/mol. The maximum atomic E-state index is 6.57. The summed E-state index contributed by atoms with van der Waals surface area (Å²) < 4.78 is 10.4. The van der Waals surface area contributed by atoms with Crippen molar-refractivity contribution in [1.29, 1.82) is 0 Å². The quantitative estimate of drug-likeness (QED) is 0.249. The topological polar surface area (TPSA) is 16.4 Å². The fraction of sp³-hybridized carbons (Fsp3) is 0.324. The molecule has 0 saturated carbocycles. The fourth-order valence-corrected chi connectivity index (χ4v) is 7.34. The molecule has 0 atom stereocenters. The van der Waals surface area contributed by atoms with Crippen molar-refractivity contribution in [3.63, 3.8) is 0 Å². The van der Waals surface area contributed by atoms with E-state index in [2.05, 4.69) is 118 Å². The van der Waals surface area contributed by atoms with Gasteiger partial charge in [-0.15, -0.1) is 0 Å². The number of allylic oxidation sites excluding steroid dienone is 4. The minimum atomic E-state index is 0.184. The van der Waals surface area contributed by atoms with Crippen LogP contribution in [0.5, 0.6) is 5.75 Å². The largest absolute Gasteiger partial charge is 0.438 e. The van der Waals surface area contributed by atoms with Crippen LogP contribution in [0.2, 0.25) is 0 Å². The number of ether oxygens (including phenoxy) is 1. The zero-order valence-electron chi connectivity index (χ0n) is 23.4. The average molecular weight is 522 g/mol. The molecule has 2 aliphatic rings. The first kappa shape index (κ1) is 24.9. The monoisotopic (exact) mass is 521 g/mol. The fourth-order valence-electron chi connectivity index (χ4n) is 6.06. The summed E-state index contributed by atoms with van der Waals surface area (Å²) in [5.74, 6) is 1.90. The van der Waals surface area contributed by atoms with Crippen molar-refractivity contribution in [3.05, 3.63) is 93.8 Å². The summed E-state index contributed by atoms with van der Waals surface area (Å²) >= 11 is 1.90. The Balaban J connectivity index is 1.41. The Morgan fingerprint density at radius 1 is 1.00 bits per heavy atom. The lowest BCUT2D eigenvalue weighted by atomic mass is 9.75. The summed E-state index contributed by atoms with van der Waals surface area (Å²) in [4.78, 5) is 2.30. The van der Waals surface area contributed by atoms with Crippen LogP contribution in [0, 0.1) is 19.3 Å². The molecule has 3 nitrogen and oxygen atoms in total. The number of aromatic nitrogens is 1. The molecule has 3 aromatic carbocycles. The lowest BCUT2D eigenvalue weighted by Gasteiger charge is -2.30. The molecule has 4 heteroatoms. The van der Waals surface area contributed by atoms with E-state index in [4.69, 9.17) is 4.74 Å². The second kappa shape index (κ2) is 9.43. The van der Waals surface area contributed by atoms with E-state index < -0.39 is 0 Å². The molecule has 0 unspecified atom stereocenters. The zero-order chi connectivity index (χ0) is 26.6. The first-order chi connectivity index (χ1) is 18.3. The first-order valence-electron chi connectivity index (χ1n) is 13.8. The number of rotatable bonds is 4. The molecule has 1 aliphatic heterocycles. The number of anilines is 1. The number of nitrogens with zero attached hydrogens (tertiary/aromatic N) is 2. The summed E-state index contributed by atoms with van der Waals surface area (Å²) in [5, 5.41) is 3.71. The van der Waals surface area contributed by atoms with E-state index in [1.807, 2.05) is 11.3 Å². The molecule has 194 valence electrons. The summed E-state index contributed by atoms with van der Waals surface area (Å²) in [6.45, 7) is 15.5. The minimum Gasteiger partial charge on any atom is -0.438 e. The predicted octanol–water partition coefficient (Wildman–Crippen LogP) is 8.87. The van der Waals surface area contributed by atoms with Gasteiger partial charge in [-0.1, -0.05) is 61.6 Å². The summed E-state index contributed by atoms with van der Waals surface area (Å²) in [5.41, 5.74) is 8.12. The van der Waals surface area contributed by atoms with Crippen LogP contribution >= 0.6 is 11.3 Å². The highest BCUT2D eigenvalue weighted by atomic mass is 32.1. The summed E-state index contributed by atoms with van der Waals surface area (Å²) in [6, 6.07) is 17.6. The smallest absolute Gasteiger partial charge is 0.263 e. The average Bonchev–Trinajstić information content (AvgIpc) is 3.39. The van der Waals surface area contributed by atoms with E-state index in [-0.39, 0.29) is 5.41 Å². The van der Waals surface area contributed by atoms with Crippen LogP contribution in [0.4, 0.5) is 5.69 Å². The number of fused-ring (bicyclic) bond motifs is 4. The van der Waals surface area contributed by atoms with Gasteiger partial charge >= 0.3 is 0 Å². The number of thiazole rings is 1. The van der Waals surface area contributed by atoms with Gasteiger partial charge in [-0.3, -0.25) is 0 Å². The molecule has 0 bridgehead atoms. The molecule has 4 aromatic rings. The third-order valence-corrected chi connectivity index (χ3v) is 9.05. The molecule has 1 aromatic heterocycles. The van der Waals surface area contributed by atoms with Crippen LogP contribution in [0.15, 0.2) is 77.7 Å². The molecule has 0 spiro atoms. The van der Waals surface area contributed by atoms with Crippen LogP contribution in [0.1, 0.15) is 56.7 Å². The van der Waals surface area contributed by atoms with Gasteiger partial charge in [0.1, 0.15) is 11.2 Å². The van der Waals surface area contributed by atoms with Crippen molar-refractivity contribution < 1.29 is 9.30 Å². The Labute approximate surface area is 230 Å². The van der Waals surface area contributed by atoms with E-state index in [1.165, 1.54) is 48.3 Å². The lowest BCUT2D eigenvalue weighted by Crippen LogP contribution is -2.33. The second-order valence-corrected chi connectivity index (χ2v) is 12.6. The van der Waals surface area contributed by atoms with Gasteiger partial charge in [-0.25, -0.2) is 0 Å². The van der Waals surface area contributed by atoms with E-state index in [9.17, 15) is 0 Å². The number of hydrogen-bond donors (Lipinski definition) is 0. The van der Waals surface area contributed by atoms with Gasteiger partial charge in [-0.05, 0) is 85.7 Å². The molecule has 0 saturated heterocycles. The molecule has 0 N–H and O–H groups in total. The van der Waals surface area contributed by atoms with Gasteiger partial charge in [0.25, 0.3) is 5.01 Å². The maximum Gasteiger partial charge on any atom is 0.263 e. The third kappa shape index (κ3) is 4.35. The van der Waals surface area contributed by atoms with Crippen molar-refractivity contribution in [2.75, 3.05) is 11.4 Å². The van der Waals surface area contributed by atoms with Crippen LogP contribution in [0.25, 0.3) is 27.1 Å². The molecule has 6 rings (SSSR count). The third-order valence-electron chi connectivity index (χ3n) is 7.96. The second-order valence-electron chi connectivity index (χ2n) is 11.5. The van der Waals surface area contributed by atoms with E-state index in [1.54, 1.807) is 0 Å². The molecular weight excluding hydrogens is 484 g/mol. The molecule has 38 heavy (non-hydrogen) atoms. The zero-order valence-corrected chi connectivity index (χ0v) is 24.2. The highest BCUT2D eigenvalue weighted by Crippen LogP contribution is 2.46. The Morgan fingerprint density at radius 3 is 2.58 bits per heavy atom. The molecule has 0 amide bonds. The van der Waals surface area contributed by atoms with Crippen LogP contribution in [0.3, 0.4) is 0 Å². The van der Waals surface area contributed by atoms with Crippen LogP contribution in [-0.2, 0) is 6.54 Å². The van der Waals surface area contributed by atoms with Gasteiger partial charge in [-0.2, -0.15) is 4.57 Å². The Bertz CT molecular complexity index is 1670. The van der Waals surface area contributed by atoms with E-state index in [0.717, 1.165) is 43.3 Å². The van der Waals surface area contributed by atoms with Gasteiger partial charge in [0.05, 0.1) is 5.69 Å². The Morgan fingerprint density at radius 2 is 1.79 bits per heavy atom. The number of hydrogen-bond acceptors (Lipinski definition) is 3. The minimum absolute atomic E-state index is 0.184. The van der Waals surface area contributed by atoms with E-state index >= 15 is 0 Å². The summed E-state index contributed by atoms with van der Waals surface area (Å²) in [6.07, 6.45) is 9.20. The van der Waals surface area contributed by atoms with Crippen molar-refractivity contribution >= 4 is 44.1 Å². The maximum absolute atomic E-state index is 6.57. The van der Waals surface area contributed by atoms with Crippen molar-refractivity contribution in [3.8, 4) is 5.75 Å². The standard InChI is InChI=1S/C34H37N2OS/c1-7-35-28-14-13-26-11-9-10-12-27(26)33(28)37-31(35)18-24-17-25(21-34(5,6)20-24)19-32-36(8-2)29-15-22(3)23(4)16-30(29)38-32/h9-19H,7-8,20-21H2,1-6H3/q+1. The van der Waals surface area contributed by atoms with Gasteiger partial charge < -0.3 is 9.64 Å².